The Labute approximate surface area is 292 Å². The zero-order valence-electron chi connectivity index (χ0n) is 28.0. The van der Waals surface area contributed by atoms with E-state index >= 15 is 0 Å². The Morgan fingerprint density at radius 2 is 1.34 bits per heavy atom. The number of rotatable bonds is 9. The average Bonchev–Trinajstić information content (AvgIpc) is 3.14. The molecule has 0 atom stereocenters. The molecule has 13 heteroatoms. The smallest absolute Gasteiger partial charge is 0.272 e. The fraction of sp³-hybridized carbons (Fsp3) is 0.270. The van der Waals surface area contributed by atoms with E-state index in [2.05, 4.69) is 0 Å². The Hall–Kier alpha value is -5.56. The highest BCUT2D eigenvalue weighted by Gasteiger charge is 2.33. The molecule has 2 heterocycles. The maximum absolute atomic E-state index is 14.3. The van der Waals surface area contributed by atoms with E-state index in [-0.39, 0.29) is 28.2 Å². The molecule has 260 valence electrons. The molecule has 0 radical (unpaired) electrons. The lowest BCUT2D eigenvalue weighted by atomic mass is 9.99. The first-order valence-corrected chi connectivity index (χ1v) is 17.7. The van der Waals surface area contributed by atoms with E-state index in [1.807, 2.05) is 35.2 Å². The number of nitrogens with one attached hydrogen (secondary N) is 2. The Balaban J connectivity index is 1.20. The third kappa shape index (κ3) is 7.22. The number of fused-ring (bicyclic) bond motifs is 1. The van der Waals surface area contributed by atoms with E-state index in [1.54, 1.807) is 48.4 Å². The first-order chi connectivity index (χ1) is 24.1. The van der Waals surface area contributed by atoms with Gasteiger partial charge in [-0.25, -0.2) is 8.42 Å². The molecule has 0 aliphatic carbocycles. The summed E-state index contributed by atoms with van der Waals surface area (Å²) in [4.78, 5) is 17.7. The number of carbonyl (C=O) groups is 1. The Morgan fingerprint density at radius 3 is 1.92 bits per heavy atom. The molecule has 1 saturated heterocycles. The van der Waals surface area contributed by atoms with Crippen molar-refractivity contribution in [1.29, 1.82) is 10.8 Å². The average molecular weight is 697 g/mol. The number of benzene rings is 4. The van der Waals surface area contributed by atoms with Crippen LogP contribution in [0.5, 0.6) is 17.2 Å². The molecule has 50 heavy (non-hydrogen) atoms. The van der Waals surface area contributed by atoms with Gasteiger partial charge < -0.3 is 29.7 Å². The number of likely N-dealkylation sites (tertiary alicyclic amines) is 1. The van der Waals surface area contributed by atoms with Crippen LogP contribution in [0.15, 0.2) is 95.9 Å². The van der Waals surface area contributed by atoms with Crippen LogP contribution >= 0.6 is 0 Å². The van der Waals surface area contributed by atoms with E-state index in [0.29, 0.717) is 62.8 Å². The van der Waals surface area contributed by atoms with Gasteiger partial charge in [-0.3, -0.25) is 15.6 Å². The van der Waals surface area contributed by atoms with Crippen molar-refractivity contribution >= 4 is 33.4 Å². The highest BCUT2D eigenvalue weighted by Crippen LogP contribution is 2.32. The van der Waals surface area contributed by atoms with Gasteiger partial charge in [-0.2, -0.15) is 4.31 Å². The summed E-state index contributed by atoms with van der Waals surface area (Å²) in [6, 6.07) is 24.9. The molecule has 4 N–H and O–H groups in total. The van der Waals surface area contributed by atoms with Crippen LogP contribution in [0.4, 0.5) is 5.69 Å². The minimum atomic E-state index is -4.39. The lowest BCUT2D eigenvalue weighted by molar-refractivity contribution is 0.100. The fourth-order valence-corrected chi connectivity index (χ4v) is 7.61. The van der Waals surface area contributed by atoms with Crippen molar-refractivity contribution in [1.82, 2.24) is 9.80 Å². The molecule has 0 spiro atoms. The number of hydrogen-bond acceptors (Lipinski definition) is 8. The number of piperidine rings is 1. The number of amides is 1. The number of guanidine groups is 1. The number of carbonyl (C=O) groups excluding carboxylic acids is 1. The van der Waals surface area contributed by atoms with E-state index < -0.39 is 15.9 Å². The van der Waals surface area contributed by atoms with Crippen LogP contribution in [-0.4, -0.2) is 75.9 Å². The molecule has 0 saturated carbocycles. The molecule has 12 nitrogen and oxygen atoms in total. The molecule has 4 aromatic carbocycles. The second kappa shape index (κ2) is 14.5. The molecule has 1 amide bonds. The predicted molar refractivity (Wildman–Crippen MR) is 191 cm³/mol. The molecule has 0 unspecified atom stereocenters. The van der Waals surface area contributed by atoms with Crippen LogP contribution in [0.2, 0.25) is 0 Å². The quantitative estimate of drug-likeness (QED) is 0.164. The Morgan fingerprint density at radius 1 is 0.760 bits per heavy atom. The molecule has 2 aliphatic heterocycles. The maximum Gasteiger partial charge on any atom is 0.272 e. The highest BCUT2D eigenvalue weighted by atomic mass is 32.2. The lowest BCUT2D eigenvalue weighted by Gasteiger charge is -2.34. The fourth-order valence-electron chi connectivity index (χ4n) is 6.21. The van der Waals surface area contributed by atoms with E-state index in [4.69, 9.17) is 30.8 Å². The Kier molecular flexibility index (Phi) is 9.95. The predicted octanol–water partition coefficient (Wildman–Crippen LogP) is 4.86. The second-order valence-corrected chi connectivity index (χ2v) is 14.0. The molecule has 4 aromatic rings. The van der Waals surface area contributed by atoms with Crippen molar-refractivity contribution in [2.75, 3.05) is 38.2 Å². The number of sulfonamides is 1. The van der Waals surface area contributed by atoms with Crippen molar-refractivity contribution in [2.24, 2.45) is 5.73 Å². The number of nitrogens with zero attached hydrogens (tertiary/aromatic N) is 3. The van der Waals surface area contributed by atoms with Crippen molar-refractivity contribution < 1.29 is 27.4 Å². The number of nitrogens with two attached hydrogens (primary N) is 1. The van der Waals surface area contributed by atoms with Gasteiger partial charge in [0, 0.05) is 50.1 Å². The summed E-state index contributed by atoms with van der Waals surface area (Å²) < 4.78 is 46.1. The molecule has 2 aliphatic rings. The summed E-state index contributed by atoms with van der Waals surface area (Å²) in [6.45, 7) is 2.21. The maximum atomic E-state index is 14.3. The summed E-state index contributed by atoms with van der Waals surface area (Å²) in [6.07, 6.45) is 1.93. The number of ether oxygens (including phenoxy) is 3. The van der Waals surface area contributed by atoms with Crippen LogP contribution in [-0.2, 0) is 23.0 Å². The molecular weight excluding hydrogens is 657 g/mol. The monoisotopic (exact) mass is 696 g/mol. The van der Waals surface area contributed by atoms with Crippen LogP contribution in [0, 0.1) is 10.8 Å². The van der Waals surface area contributed by atoms with Gasteiger partial charge in [0.15, 0.2) is 5.96 Å². The topological polar surface area (TPSA) is 162 Å². The SMILES string of the molecule is COc1ccc(C(=N)N2CCC(Oc3ccc(S(=O)(=O)N(C(=O)c4ccc(OC)cc4)c4ccc5c(c4)CN(C(=N)N)CC5)cc3)CC2)cc1. The van der Waals surface area contributed by atoms with Gasteiger partial charge in [0.05, 0.1) is 24.8 Å². The summed E-state index contributed by atoms with van der Waals surface area (Å²) in [7, 11) is -1.27. The first-order valence-electron chi connectivity index (χ1n) is 16.3. The molecule has 0 bridgehead atoms. The summed E-state index contributed by atoms with van der Waals surface area (Å²) >= 11 is 0. The van der Waals surface area contributed by atoms with Gasteiger partial charge in [0.1, 0.15) is 29.2 Å². The summed E-state index contributed by atoms with van der Waals surface area (Å²) in [5.74, 6) is 1.44. The zero-order chi connectivity index (χ0) is 35.4. The van der Waals surface area contributed by atoms with Crippen molar-refractivity contribution in [3.8, 4) is 17.2 Å². The van der Waals surface area contributed by atoms with E-state index in [0.717, 1.165) is 26.7 Å². The molecule has 0 aromatic heterocycles. The van der Waals surface area contributed by atoms with E-state index in [1.165, 1.54) is 31.4 Å². The van der Waals surface area contributed by atoms with E-state index in [9.17, 15) is 13.2 Å². The van der Waals surface area contributed by atoms with Gasteiger partial charge in [-0.15, -0.1) is 0 Å². The molecule has 6 rings (SSSR count). The first kappa shape index (κ1) is 34.3. The number of methoxy groups -OCH3 is 2. The highest BCUT2D eigenvalue weighted by molar-refractivity contribution is 7.93. The normalized spacial score (nSPS) is 14.8. The third-order valence-corrected chi connectivity index (χ3v) is 10.8. The summed E-state index contributed by atoms with van der Waals surface area (Å²) in [5, 5.41) is 16.5. The number of anilines is 1. The van der Waals surface area contributed by atoms with Crippen LogP contribution < -0.4 is 24.2 Å². The Bertz CT molecular complexity index is 1980. The number of amidine groups is 1. The zero-order valence-corrected chi connectivity index (χ0v) is 28.8. The van der Waals surface area contributed by atoms with Crippen molar-refractivity contribution in [3.05, 3.63) is 113 Å². The van der Waals surface area contributed by atoms with Crippen LogP contribution in [0.3, 0.4) is 0 Å². The summed E-state index contributed by atoms with van der Waals surface area (Å²) in [5.41, 5.74) is 8.71. The largest absolute Gasteiger partial charge is 0.497 e. The number of hydrogen-bond donors (Lipinski definition) is 3. The molecule has 1 fully saturated rings. The van der Waals surface area contributed by atoms with Gasteiger partial charge >= 0.3 is 0 Å². The van der Waals surface area contributed by atoms with Gasteiger partial charge in [0.2, 0.25) is 0 Å². The molecular formula is C37H40N6O6S. The third-order valence-electron chi connectivity index (χ3n) is 9.09. The minimum Gasteiger partial charge on any atom is -0.497 e. The van der Waals surface area contributed by atoms with Crippen molar-refractivity contribution in [2.45, 2.75) is 36.8 Å². The van der Waals surface area contributed by atoms with Gasteiger partial charge in [-0.05, 0) is 102 Å². The minimum absolute atomic E-state index is 0.0688. The van der Waals surface area contributed by atoms with Crippen LogP contribution in [0.1, 0.15) is 39.9 Å². The van der Waals surface area contributed by atoms with Gasteiger partial charge in [-0.1, -0.05) is 6.07 Å². The van der Waals surface area contributed by atoms with Gasteiger partial charge in [0.25, 0.3) is 15.9 Å². The lowest BCUT2D eigenvalue weighted by Crippen LogP contribution is -2.41. The van der Waals surface area contributed by atoms with Crippen LogP contribution in [0.25, 0.3) is 0 Å². The standard InChI is InChI=1S/C37H40N6O6S/c1-47-30-9-4-26(5-10-30)35(38)41-21-18-33(19-22-41)49-32-13-15-34(16-14-32)50(45,46)43(36(44)27-6-11-31(48-2)12-7-27)29-8-3-25-17-20-42(37(39)40)24-28(25)23-29/h3-16,23,33,38H,17-22,24H2,1-2H3,(H3,39,40). The second-order valence-electron chi connectivity index (χ2n) is 12.2. The van der Waals surface area contributed by atoms with Crippen molar-refractivity contribution in [3.63, 3.8) is 0 Å².